The third kappa shape index (κ3) is 4.63. The van der Waals surface area contributed by atoms with E-state index in [2.05, 4.69) is 29.4 Å². The number of rotatable bonds is 7. The predicted molar refractivity (Wildman–Crippen MR) is 104 cm³/mol. The zero-order valence-corrected chi connectivity index (χ0v) is 14.7. The van der Waals surface area contributed by atoms with Crippen molar-refractivity contribution in [3.63, 3.8) is 0 Å². The summed E-state index contributed by atoms with van der Waals surface area (Å²) in [7, 11) is 1.53. The number of hydrazone groups is 1. The first-order valence-electron chi connectivity index (χ1n) is 8.49. The highest BCUT2D eigenvalue weighted by Gasteiger charge is 2.07. The molecule has 132 valence electrons. The Morgan fingerprint density at radius 1 is 0.846 bits per heavy atom. The highest BCUT2D eigenvalue weighted by Crippen LogP contribution is 2.28. The molecule has 0 aromatic heterocycles. The van der Waals surface area contributed by atoms with Gasteiger partial charge in [-0.25, -0.2) is 0 Å². The quantitative estimate of drug-likeness (QED) is 0.508. The van der Waals surface area contributed by atoms with E-state index in [4.69, 9.17) is 4.74 Å². The average molecular weight is 346 g/mol. The fourth-order valence-electron chi connectivity index (χ4n) is 2.68. The van der Waals surface area contributed by atoms with Crippen molar-refractivity contribution in [1.29, 1.82) is 0 Å². The van der Waals surface area contributed by atoms with Gasteiger partial charge in [0.05, 0.1) is 26.4 Å². The molecule has 3 aromatic rings. The SMILES string of the molecule is COc1cccc(/C=N/N(Cc2ccccc2)Cc2ccccc2)c1O. The maximum Gasteiger partial charge on any atom is 0.166 e. The van der Waals surface area contributed by atoms with Gasteiger partial charge in [0.25, 0.3) is 0 Å². The lowest BCUT2D eigenvalue weighted by Gasteiger charge is -2.19. The smallest absolute Gasteiger partial charge is 0.166 e. The second kappa shape index (κ2) is 8.72. The molecule has 0 saturated carbocycles. The summed E-state index contributed by atoms with van der Waals surface area (Å²) in [6.07, 6.45) is 1.67. The number of phenolic OH excluding ortho intramolecular Hbond substituents is 1. The lowest BCUT2D eigenvalue weighted by Crippen LogP contribution is -2.17. The average Bonchev–Trinajstić information content (AvgIpc) is 2.68. The number of para-hydroxylation sites is 1. The van der Waals surface area contributed by atoms with Crippen LogP contribution >= 0.6 is 0 Å². The van der Waals surface area contributed by atoms with Gasteiger partial charge in [-0.2, -0.15) is 5.10 Å². The monoisotopic (exact) mass is 346 g/mol. The van der Waals surface area contributed by atoms with E-state index in [-0.39, 0.29) is 5.75 Å². The Labute approximate surface area is 154 Å². The molecule has 1 N–H and O–H groups in total. The highest BCUT2D eigenvalue weighted by atomic mass is 16.5. The van der Waals surface area contributed by atoms with Gasteiger partial charge in [0.15, 0.2) is 11.5 Å². The van der Waals surface area contributed by atoms with Gasteiger partial charge in [0, 0.05) is 5.56 Å². The summed E-state index contributed by atoms with van der Waals surface area (Å²) in [4.78, 5) is 0. The van der Waals surface area contributed by atoms with E-state index in [0.29, 0.717) is 24.4 Å². The fraction of sp³-hybridized carbons (Fsp3) is 0.136. The molecule has 0 aliphatic heterocycles. The van der Waals surface area contributed by atoms with Crippen LogP contribution in [0.2, 0.25) is 0 Å². The minimum atomic E-state index is 0.0955. The normalized spacial score (nSPS) is 10.8. The number of phenols is 1. The number of benzene rings is 3. The van der Waals surface area contributed by atoms with E-state index in [9.17, 15) is 5.11 Å². The molecule has 3 aromatic carbocycles. The van der Waals surface area contributed by atoms with Gasteiger partial charge >= 0.3 is 0 Å². The van der Waals surface area contributed by atoms with E-state index in [1.54, 1.807) is 12.3 Å². The molecule has 0 radical (unpaired) electrons. The summed E-state index contributed by atoms with van der Waals surface area (Å²) in [5.74, 6) is 0.532. The van der Waals surface area contributed by atoms with Gasteiger partial charge in [-0.1, -0.05) is 66.7 Å². The van der Waals surface area contributed by atoms with Crippen LogP contribution in [0.15, 0.2) is 84.0 Å². The summed E-state index contributed by atoms with van der Waals surface area (Å²) in [6.45, 7) is 1.36. The molecule has 3 rings (SSSR count). The molecule has 0 aliphatic carbocycles. The molecule has 4 heteroatoms. The molecule has 0 fully saturated rings. The van der Waals surface area contributed by atoms with Crippen LogP contribution in [0.5, 0.6) is 11.5 Å². The standard InChI is InChI=1S/C22H22N2O2/c1-26-21-14-8-13-20(22(21)25)15-23-24(16-18-9-4-2-5-10-18)17-19-11-6-3-7-12-19/h2-15,25H,16-17H2,1H3/b23-15+. The summed E-state index contributed by atoms with van der Waals surface area (Å²) in [6, 6.07) is 25.8. The molecular weight excluding hydrogens is 324 g/mol. The third-order valence-corrected chi connectivity index (χ3v) is 4.03. The van der Waals surface area contributed by atoms with Crippen LogP contribution < -0.4 is 4.74 Å². The van der Waals surface area contributed by atoms with Gasteiger partial charge in [0.2, 0.25) is 0 Å². The lowest BCUT2D eigenvalue weighted by molar-refractivity contribution is 0.272. The third-order valence-electron chi connectivity index (χ3n) is 4.03. The second-order valence-corrected chi connectivity index (χ2v) is 5.94. The molecule has 0 unspecified atom stereocenters. The number of hydrogen-bond donors (Lipinski definition) is 1. The van der Waals surface area contributed by atoms with E-state index in [0.717, 1.165) is 0 Å². The van der Waals surface area contributed by atoms with E-state index < -0.39 is 0 Å². The number of hydrogen-bond acceptors (Lipinski definition) is 4. The molecule has 0 spiro atoms. The summed E-state index contributed by atoms with van der Waals surface area (Å²) in [5.41, 5.74) is 2.97. The molecule has 4 nitrogen and oxygen atoms in total. The van der Waals surface area contributed by atoms with Crippen molar-refractivity contribution in [2.75, 3.05) is 7.11 Å². The molecule has 0 amide bonds. The molecule has 0 atom stereocenters. The Bertz CT molecular complexity index is 807. The van der Waals surface area contributed by atoms with Crippen molar-refractivity contribution in [1.82, 2.24) is 5.01 Å². The van der Waals surface area contributed by atoms with Crippen LogP contribution in [0.3, 0.4) is 0 Å². The first-order valence-corrected chi connectivity index (χ1v) is 8.49. The molecular formula is C22H22N2O2. The number of ether oxygens (including phenoxy) is 1. The van der Waals surface area contributed by atoms with Gasteiger partial charge in [0.1, 0.15) is 0 Å². The van der Waals surface area contributed by atoms with Crippen molar-refractivity contribution in [3.8, 4) is 11.5 Å². The first kappa shape index (κ1) is 17.5. The molecule has 26 heavy (non-hydrogen) atoms. The second-order valence-electron chi connectivity index (χ2n) is 5.94. The Morgan fingerprint density at radius 2 is 1.42 bits per heavy atom. The summed E-state index contributed by atoms with van der Waals surface area (Å²) >= 11 is 0. The fourth-order valence-corrected chi connectivity index (χ4v) is 2.68. The zero-order valence-electron chi connectivity index (χ0n) is 14.7. The minimum Gasteiger partial charge on any atom is -0.504 e. The molecule has 0 aliphatic rings. The van der Waals surface area contributed by atoms with E-state index >= 15 is 0 Å². The van der Waals surface area contributed by atoms with Crippen LogP contribution in [-0.2, 0) is 13.1 Å². The maximum atomic E-state index is 10.2. The van der Waals surface area contributed by atoms with Gasteiger partial charge in [-0.15, -0.1) is 0 Å². The number of methoxy groups -OCH3 is 1. The van der Waals surface area contributed by atoms with Gasteiger partial charge in [-0.05, 0) is 23.3 Å². The summed E-state index contributed by atoms with van der Waals surface area (Å²) in [5, 5.41) is 16.8. The van der Waals surface area contributed by atoms with Crippen LogP contribution in [0.4, 0.5) is 0 Å². The van der Waals surface area contributed by atoms with Crippen molar-refractivity contribution in [2.24, 2.45) is 5.10 Å². The largest absolute Gasteiger partial charge is 0.504 e. The number of nitrogens with zero attached hydrogens (tertiary/aromatic N) is 2. The van der Waals surface area contributed by atoms with Crippen LogP contribution in [-0.4, -0.2) is 23.4 Å². The Morgan fingerprint density at radius 3 is 1.96 bits per heavy atom. The van der Waals surface area contributed by atoms with Crippen molar-refractivity contribution < 1.29 is 9.84 Å². The van der Waals surface area contributed by atoms with Gasteiger partial charge in [-0.3, -0.25) is 5.01 Å². The predicted octanol–water partition coefficient (Wildman–Crippen LogP) is 4.44. The van der Waals surface area contributed by atoms with Gasteiger partial charge < -0.3 is 9.84 Å². The Balaban J connectivity index is 1.83. The topological polar surface area (TPSA) is 45.1 Å². The van der Waals surface area contributed by atoms with Crippen LogP contribution in [0, 0.1) is 0 Å². The minimum absolute atomic E-state index is 0.0955. The van der Waals surface area contributed by atoms with Crippen molar-refractivity contribution in [2.45, 2.75) is 13.1 Å². The van der Waals surface area contributed by atoms with Crippen LogP contribution in [0.1, 0.15) is 16.7 Å². The van der Waals surface area contributed by atoms with Crippen LogP contribution in [0.25, 0.3) is 0 Å². The molecule has 0 saturated heterocycles. The highest BCUT2D eigenvalue weighted by molar-refractivity contribution is 5.84. The molecule has 0 heterocycles. The van der Waals surface area contributed by atoms with Crippen molar-refractivity contribution in [3.05, 3.63) is 95.6 Å². The molecule has 0 bridgehead atoms. The summed E-state index contributed by atoms with van der Waals surface area (Å²) < 4.78 is 5.16. The maximum absolute atomic E-state index is 10.2. The number of aromatic hydroxyl groups is 1. The lowest BCUT2D eigenvalue weighted by atomic mass is 10.2. The van der Waals surface area contributed by atoms with Crippen molar-refractivity contribution >= 4 is 6.21 Å². The van der Waals surface area contributed by atoms with E-state index in [1.165, 1.54) is 18.2 Å². The Hall–Kier alpha value is -3.27. The Kier molecular flexibility index (Phi) is 5.88. The zero-order chi connectivity index (χ0) is 18.2. The van der Waals surface area contributed by atoms with E-state index in [1.807, 2.05) is 53.5 Å². The first-order chi connectivity index (χ1) is 12.8.